The molecule has 4 rings (SSSR count). The van der Waals surface area contributed by atoms with Crippen LogP contribution in [0.4, 0.5) is 4.39 Å². The van der Waals surface area contributed by atoms with Crippen LogP contribution >= 0.6 is 0 Å². The Labute approximate surface area is 151 Å². The lowest BCUT2D eigenvalue weighted by Crippen LogP contribution is -2.12. The third-order valence-corrected chi connectivity index (χ3v) is 5.00. The Hall–Kier alpha value is -2.88. The molecular formula is C22H21FN2O. The second-order valence-electron chi connectivity index (χ2n) is 7.15. The van der Waals surface area contributed by atoms with Crippen molar-refractivity contribution >= 4 is 21.8 Å². The maximum Gasteiger partial charge on any atom is 0.248 e. The first-order valence-corrected chi connectivity index (χ1v) is 8.85. The highest BCUT2D eigenvalue weighted by Gasteiger charge is 2.15. The second kappa shape index (κ2) is 6.13. The largest absolute Gasteiger partial charge is 0.340 e. The average molecular weight is 348 g/mol. The number of nitrogens with one attached hydrogen (secondary N) is 1. The van der Waals surface area contributed by atoms with E-state index < -0.39 is 0 Å². The van der Waals surface area contributed by atoms with Crippen molar-refractivity contribution in [3.8, 4) is 0 Å². The molecule has 0 radical (unpaired) electrons. The van der Waals surface area contributed by atoms with Crippen molar-refractivity contribution in [1.29, 1.82) is 0 Å². The minimum atomic E-state index is -0.358. The van der Waals surface area contributed by atoms with Crippen LogP contribution in [-0.4, -0.2) is 9.55 Å². The van der Waals surface area contributed by atoms with Crippen molar-refractivity contribution in [1.82, 2.24) is 9.55 Å². The van der Waals surface area contributed by atoms with Crippen LogP contribution in [0.15, 0.2) is 53.3 Å². The van der Waals surface area contributed by atoms with E-state index in [1.165, 1.54) is 11.1 Å². The first-order chi connectivity index (χ1) is 12.5. The molecule has 0 aliphatic rings. The number of benzene rings is 2. The molecule has 1 N–H and O–H groups in total. The monoisotopic (exact) mass is 348 g/mol. The Morgan fingerprint density at radius 2 is 1.88 bits per heavy atom. The molecule has 0 aliphatic heterocycles. The van der Waals surface area contributed by atoms with Gasteiger partial charge >= 0.3 is 0 Å². The molecule has 0 aliphatic carbocycles. The standard InChI is InChI=1S/C22H21FN2O/c1-13(2)19-10-15-6-4-5-7-18(15)25(19)12-16-11-20(26)24-22-17(16)9-8-14(3)21(22)23/h4-11,13H,12H2,1-3H3,(H,24,26). The number of aromatic nitrogens is 2. The number of aryl methyl sites for hydroxylation is 1. The van der Waals surface area contributed by atoms with Gasteiger partial charge in [-0.1, -0.05) is 44.2 Å². The molecule has 4 aromatic rings. The molecule has 0 fully saturated rings. The van der Waals surface area contributed by atoms with Gasteiger partial charge in [0, 0.05) is 29.2 Å². The Balaban J connectivity index is 1.96. The predicted octanol–water partition coefficient (Wildman–Crippen LogP) is 5.10. The van der Waals surface area contributed by atoms with Gasteiger partial charge in [-0.2, -0.15) is 0 Å². The Morgan fingerprint density at radius 1 is 1.12 bits per heavy atom. The summed E-state index contributed by atoms with van der Waals surface area (Å²) in [5, 5.41) is 1.92. The average Bonchev–Trinajstić information content (AvgIpc) is 2.97. The van der Waals surface area contributed by atoms with E-state index in [0.717, 1.165) is 16.5 Å². The van der Waals surface area contributed by atoms with Crippen LogP contribution in [0, 0.1) is 12.7 Å². The van der Waals surface area contributed by atoms with Gasteiger partial charge in [-0.25, -0.2) is 4.39 Å². The van der Waals surface area contributed by atoms with E-state index in [9.17, 15) is 9.18 Å². The van der Waals surface area contributed by atoms with Crippen LogP contribution in [0.3, 0.4) is 0 Å². The number of rotatable bonds is 3. The van der Waals surface area contributed by atoms with Gasteiger partial charge in [0.1, 0.15) is 5.82 Å². The SMILES string of the molecule is Cc1ccc2c(Cn3c(C(C)C)cc4ccccc43)cc(=O)[nH]c2c1F. The van der Waals surface area contributed by atoms with Crippen molar-refractivity contribution < 1.29 is 4.39 Å². The summed E-state index contributed by atoms with van der Waals surface area (Å²) in [7, 11) is 0. The van der Waals surface area contributed by atoms with E-state index in [1.807, 2.05) is 18.2 Å². The zero-order valence-corrected chi connectivity index (χ0v) is 15.1. The molecule has 0 atom stereocenters. The van der Waals surface area contributed by atoms with Gasteiger partial charge in [-0.05, 0) is 41.5 Å². The summed E-state index contributed by atoms with van der Waals surface area (Å²) < 4.78 is 16.7. The van der Waals surface area contributed by atoms with Crippen molar-refractivity contribution in [2.45, 2.75) is 33.2 Å². The van der Waals surface area contributed by atoms with E-state index in [0.29, 0.717) is 18.0 Å². The molecule has 0 bridgehead atoms. The minimum absolute atomic E-state index is 0.278. The summed E-state index contributed by atoms with van der Waals surface area (Å²) in [5.41, 5.74) is 3.68. The van der Waals surface area contributed by atoms with E-state index >= 15 is 0 Å². The van der Waals surface area contributed by atoms with E-state index in [-0.39, 0.29) is 16.9 Å². The molecule has 132 valence electrons. The van der Waals surface area contributed by atoms with Gasteiger partial charge in [0.15, 0.2) is 0 Å². The third kappa shape index (κ3) is 2.62. The molecule has 4 heteroatoms. The normalized spacial score (nSPS) is 11.7. The summed E-state index contributed by atoms with van der Waals surface area (Å²) in [6.07, 6.45) is 0. The maximum absolute atomic E-state index is 14.5. The van der Waals surface area contributed by atoms with Crippen LogP contribution < -0.4 is 5.56 Å². The van der Waals surface area contributed by atoms with Crippen LogP contribution in [0.1, 0.15) is 36.6 Å². The van der Waals surface area contributed by atoms with Crippen LogP contribution in [0.5, 0.6) is 0 Å². The fraction of sp³-hybridized carbons (Fsp3) is 0.227. The fourth-order valence-corrected chi connectivity index (χ4v) is 3.65. The van der Waals surface area contributed by atoms with Gasteiger partial charge in [-0.15, -0.1) is 0 Å². The highest BCUT2D eigenvalue weighted by Crippen LogP contribution is 2.28. The highest BCUT2D eigenvalue weighted by atomic mass is 19.1. The number of aromatic amines is 1. The van der Waals surface area contributed by atoms with Gasteiger partial charge in [0.25, 0.3) is 0 Å². The first kappa shape index (κ1) is 16.6. The lowest BCUT2D eigenvalue weighted by Gasteiger charge is -2.15. The molecule has 2 aromatic heterocycles. The predicted molar refractivity (Wildman–Crippen MR) is 104 cm³/mol. The molecule has 2 heterocycles. The van der Waals surface area contributed by atoms with E-state index in [4.69, 9.17) is 0 Å². The molecule has 0 unspecified atom stereocenters. The molecule has 2 aromatic carbocycles. The van der Waals surface area contributed by atoms with Gasteiger partial charge in [0.05, 0.1) is 5.52 Å². The third-order valence-electron chi connectivity index (χ3n) is 5.00. The van der Waals surface area contributed by atoms with Crippen molar-refractivity contribution in [2.75, 3.05) is 0 Å². The molecule has 0 saturated heterocycles. The van der Waals surface area contributed by atoms with Crippen molar-refractivity contribution in [2.24, 2.45) is 0 Å². The summed E-state index contributed by atoms with van der Waals surface area (Å²) in [6, 6.07) is 15.6. The minimum Gasteiger partial charge on any atom is -0.340 e. The van der Waals surface area contributed by atoms with Gasteiger partial charge < -0.3 is 9.55 Å². The molecule has 0 amide bonds. The quantitative estimate of drug-likeness (QED) is 0.549. The molecular weight excluding hydrogens is 327 g/mol. The summed E-state index contributed by atoms with van der Waals surface area (Å²) >= 11 is 0. The number of para-hydroxylation sites is 1. The van der Waals surface area contributed by atoms with Crippen molar-refractivity contribution in [3.63, 3.8) is 0 Å². The summed E-state index contributed by atoms with van der Waals surface area (Å²) in [6.45, 7) is 6.55. The molecule has 0 saturated carbocycles. The number of halogens is 1. The number of nitrogens with zero attached hydrogens (tertiary/aromatic N) is 1. The number of pyridine rings is 1. The van der Waals surface area contributed by atoms with Crippen LogP contribution in [0.25, 0.3) is 21.8 Å². The number of H-pyrrole nitrogens is 1. The molecule has 26 heavy (non-hydrogen) atoms. The smallest absolute Gasteiger partial charge is 0.248 e. The fourth-order valence-electron chi connectivity index (χ4n) is 3.65. The topological polar surface area (TPSA) is 37.8 Å². The molecule has 3 nitrogen and oxygen atoms in total. The van der Waals surface area contributed by atoms with Crippen LogP contribution in [-0.2, 0) is 6.54 Å². The Kier molecular flexibility index (Phi) is 3.91. The van der Waals surface area contributed by atoms with E-state index in [1.54, 1.807) is 19.1 Å². The van der Waals surface area contributed by atoms with Gasteiger partial charge in [-0.3, -0.25) is 4.79 Å². The van der Waals surface area contributed by atoms with E-state index in [2.05, 4.69) is 41.6 Å². The van der Waals surface area contributed by atoms with Crippen LogP contribution in [0.2, 0.25) is 0 Å². The Morgan fingerprint density at radius 3 is 2.65 bits per heavy atom. The summed E-state index contributed by atoms with van der Waals surface area (Å²) in [5.74, 6) is -0.0162. The summed E-state index contributed by atoms with van der Waals surface area (Å²) in [4.78, 5) is 14.8. The number of fused-ring (bicyclic) bond motifs is 2. The molecule has 0 spiro atoms. The maximum atomic E-state index is 14.5. The lowest BCUT2D eigenvalue weighted by molar-refractivity contribution is 0.627. The zero-order valence-electron chi connectivity index (χ0n) is 15.1. The number of hydrogen-bond acceptors (Lipinski definition) is 1. The Bertz CT molecular complexity index is 1180. The van der Waals surface area contributed by atoms with Gasteiger partial charge in [0.2, 0.25) is 5.56 Å². The first-order valence-electron chi connectivity index (χ1n) is 8.85. The second-order valence-corrected chi connectivity index (χ2v) is 7.15. The van der Waals surface area contributed by atoms with Crippen molar-refractivity contribution in [3.05, 3.63) is 81.5 Å². The number of hydrogen-bond donors (Lipinski definition) is 1. The lowest BCUT2D eigenvalue weighted by atomic mass is 10.1. The highest BCUT2D eigenvalue weighted by molar-refractivity contribution is 5.85. The zero-order chi connectivity index (χ0) is 18.4.